The molecule has 4 aromatic rings. The van der Waals surface area contributed by atoms with Crippen molar-refractivity contribution in [3.63, 3.8) is 0 Å². The lowest BCUT2D eigenvalue weighted by Crippen LogP contribution is -2.18. The van der Waals surface area contributed by atoms with Gasteiger partial charge >= 0.3 is 5.97 Å². The Bertz CT molecular complexity index is 1220. The van der Waals surface area contributed by atoms with E-state index in [1.54, 1.807) is 28.9 Å². The topological polar surface area (TPSA) is 81.9 Å². The fraction of sp³-hybridized carbons (Fsp3) is 0.174. The van der Waals surface area contributed by atoms with Gasteiger partial charge in [-0.2, -0.15) is 5.10 Å². The van der Waals surface area contributed by atoms with Gasteiger partial charge in [-0.1, -0.05) is 36.4 Å². The molecule has 30 heavy (non-hydrogen) atoms. The highest BCUT2D eigenvalue weighted by Gasteiger charge is 2.19. The van der Waals surface area contributed by atoms with Crippen LogP contribution in [0.3, 0.4) is 0 Å². The number of nitrogens with zero attached hydrogens (tertiary/aromatic N) is 3. The molecule has 1 N–H and O–H groups in total. The average Bonchev–Trinajstić information content (AvgIpc) is 3.27. The maximum Gasteiger partial charge on any atom is 0.338 e. The van der Waals surface area contributed by atoms with Crippen molar-refractivity contribution < 1.29 is 9.53 Å². The molecule has 0 aliphatic heterocycles. The molecule has 0 atom stereocenters. The molecule has 0 saturated heterocycles. The number of aryl methyl sites for hydroxylation is 2. The number of nitrogens with one attached hydrogen (secondary N) is 1. The minimum atomic E-state index is -0.384. The highest BCUT2D eigenvalue weighted by atomic mass is 16.5. The van der Waals surface area contributed by atoms with Crippen molar-refractivity contribution in [2.45, 2.75) is 20.4 Å². The van der Waals surface area contributed by atoms with Gasteiger partial charge in [0.1, 0.15) is 6.61 Å². The summed E-state index contributed by atoms with van der Waals surface area (Å²) in [6.45, 7) is 4.22. The zero-order valence-corrected chi connectivity index (χ0v) is 16.8. The third-order valence-corrected chi connectivity index (χ3v) is 4.79. The van der Waals surface area contributed by atoms with Gasteiger partial charge in [0.25, 0.3) is 5.56 Å². The predicted molar refractivity (Wildman–Crippen MR) is 114 cm³/mol. The summed E-state index contributed by atoms with van der Waals surface area (Å²) < 4.78 is 8.61. The molecule has 7 heteroatoms. The molecule has 0 aliphatic carbocycles. The lowest BCUT2D eigenvalue weighted by Gasteiger charge is -2.08. The molecule has 152 valence electrons. The van der Waals surface area contributed by atoms with E-state index in [1.165, 1.54) is 4.68 Å². The summed E-state index contributed by atoms with van der Waals surface area (Å²) in [5, 5.41) is 7.62. The second kappa shape index (κ2) is 8.24. The van der Waals surface area contributed by atoms with Gasteiger partial charge < -0.3 is 4.74 Å². The van der Waals surface area contributed by atoms with E-state index in [-0.39, 0.29) is 18.1 Å². The molecule has 7 nitrogen and oxygen atoms in total. The first-order valence-corrected chi connectivity index (χ1v) is 9.68. The maximum absolute atomic E-state index is 13.1. The Morgan fingerprint density at radius 2 is 1.70 bits per heavy atom. The molecule has 2 aromatic heterocycles. The maximum atomic E-state index is 13.1. The number of ether oxygens (including phenoxy) is 1. The predicted octanol–water partition coefficient (Wildman–Crippen LogP) is 3.50. The van der Waals surface area contributed by atoms with Crippen LogP contribution in [0.5, 0.6) is 0 Å². The second-order valence-electron chi connectivity index (χ2n) is 6.98. The minimum absolute atomic E-state index is 0.151. The van der Waals surface area contributed by atoms with E-state index in [9.17, 15) is 9.59 Å². The Hall–Kier alpha value is -3.87. The zero-order valence-electron chi connectivity index (χ0n) is 16.8. The number of carbonyl (C=O) groups excluding carboxylic acids is 1. The van der Waals surface area contributed by atoms with Gasteiger partial charge in [0.15, 0.2) is 0 Å². The molecule has 0 saturated carbocycles. The van der Waals surface area contributed by atoms with E-state index in [0.29, 0.717) is 23.4 Å². The van der Waals surface area contributed by atoms with Crippen molar-refractivity contribution in [1.29, 1.82) is 0 Å². The third kappa shape index (κ3) is 3.82. The van der Waals surface area contributed by atoms with Gasteiger partial charge in [-0.05, 0) is 44.2 Å². The number of aromatic nitrogens is 4. The van der Waals surface area contributed by atoms with Crippen molar-refractivity contribution in [3.05, 3.63) is 94.0 Å². The fourth-order valence-electron chi connectivity index (χ4n) is 3.41. The normalized spacial score (nSPS) is 10.9. The van der Waals surface area contributed by atoms with Gasteiger partial charge in [0.05, 0.1) is 34.7 Å². The van der Waals surface area contributed by atoms with Crippen LogP contribution < -0.4 is 5.56 Å². The molecule has 2 heterocycles. The van der Waals surface area contributed by atoms with Crippen molar-refractivity contribution in [1.82, 2.24) is 19.6 Å². The zero-order chi connectivity index (χ0) is 21.1. The molecule has 0 radical (unpaired) electrons. The highest BCUT2D eigenvalue weighted by molar-refractivity contribution is 5.89. The van der Waals surface area contributed by atoms with E-state index in [2.05, 4.69) is 10.2 Å². The molecule has 0 spiro atoms. The summed E-state index contributed by atoms with van der Waals surface area (Å²) in [7, 11) is 0. The van der Waals surface area contributed by atoms with E-state index >= 15 is 0 Å². The smallest absolute Gasteiger partial charge is 0.338 e. The summed E-state index contributed by atoms with van der Waals surface area (Å²) in [6.07, 6.45) is 0. The second-order valence-corrected chi connectivity index (χ2v) is 6.98. The number of rotatable bonds is 6. The minimum Gasteiger partial charge on any atom is -0.460 e. The molecular formula is C23H22N4O3. The van der Waals surface area contributed by atoms with E-state index in [4.69, 9.17) is 4.74 Å². The third-order valence-electron chi connectivity index (χ3n) is 4.79. The Morgan fingerprint density at radius 1 is 1.03 bits per heavy atom. The van der Waals surface area contributed by atoms with Crippen molar-refractivity contribution >= 4 is 5.97 Å². The lowest BCUT2D eigenvalue weighted by molar-refractivity contribution is 0.0488. The largest absolute Gasteiger partial charge is 0.460 e. The van der Waals surface area contributed by atoms with Crippen LogP contribution in [0.1, 0.15) is 21.7 Å². The van der Waals surface area contributed by atoms with Crippen LogP contribution >= 0.6 is 0 Å². The van der Waals surface area contributed by atoms with E-state index < -0.39 is 0 Å². The van der Waals surface area contributed by atoms with Gasteiger partial charge in [-0.3, -0.25) is 14.6 Å². The quantitative estimate of drug-likeness (QED) is 0.501. The lowest BCUT2D eigenvalue weighted by atomic mass is 10.2. The number of para-hydroxylation sites is 1. The molecule has 4 rings (SSSR count). The van der Waals surface area contributed by atoms with Crippen LogP contribution in [-0.2, 0) is 11.3 Å². The number of benzene rings is 2. The molecule has 2 aromatic carbocycles. The number of H-pyrrole nitrogens is 1. The van der Waals surface area contributed by atoms with Gasteiger partial charge in [0, 0.05) is 5.69 Å². The standard InChI is InChI=1S/C23H22N4O3/c1-16-15-20(21-17(2)25-27(22(21)28)19-11-7-4-8-12-19)26(24-16)13-14-30-23(29)18-9-5-3-6-10-18/h3-12,15,25H,13-14H2,1-2H3. The molecule has 0 unspecified atom stereocenters. The summed E-state index contributed by atoms with van der Waals surface area (Å²) in [4.78, 5) is 25.3. The molecule has 0 fully saturated rings. The Kier molecular flexibility index (Phi) is 5.34. The highest BCUT2D eigenvalue weighted by Crippen LogP contribution is 2.21. The number of hydrogen-bond acceptors (Lipinski definition) is 4. The summed E-state index contributed by atoms with van der Waals surface area (Å²) in [5.74, 6) is -0.384. The summed E-state index contributed by atoms with van der Waals surface area (Å²) in [6, 6.07) is 20.1. The monoisotopic (exact) mass is 402 g/mol. The van der Waals surface area contributed by atoms with E-state index in [1.807, 2.05) is 56.3 Å². The van der Waals surface area contributed by atoms with Crippen molar-refractivity contribution in [3.8, 4) is 16.9 Å². The number of hydrogen-bond donors (Lipinski definition) is 1. The first kappa shape index (κ1) is 19.4. The van der Waals surface area contributed by atoms with Crippen molar-refractivity contribution in [2.75, 3.05) is 6.61 Å². The average molecular weight is 402 g/mol. The summed E-state index contributed by atoms with van der Waals surface area (Å²) in [5.41, 5.74) is 3.88. The number of carbonyl (C=O) groups is 1. The van der Waals surface area contributed by atoms with Crippen LogP contribution in [0.15, 0.2) is 71.5 Å². The van der Waals surface area contributed by atoms with Crippen LogP contribution in [0.2, 0.25) is 0 Å². The molecule has 0 bridgehead atoms. The summed E-state index contributed by atoms with van der Waals surface area (Å²) >= 11 is 0. The van der Waals surface area contributed by atoms with Crippen LogP contribution in [-0.4, -0.2) is 32.1 Å². The number of esters is 1. The number of aromatic amines is 1. The van der Waals surface area contributed by atoms with Crippen LogP contribution in [0, 0.1) is 13.8 Å². The van der Waals surface area contributed by atoms with Gasteiger partial charge in [0.2, 0.25) is 0 Å². The van der Waals surface area contributed by atoms with Crippen LogP contribution in [0.4, 0.5) is 0 Å². The molecule has 0 amide bonds. The van der Waals surface area contributed by atoms with Gasteiger partial charge in [-0.15, -0.1) is 0 Å². The SMILES string of the molecule is Cc1cc(-c2c(C)[nH]n(-c3ccccc3)c2=O)n(CCOC(=O)c2ccccc2)n1. The fourth-order valence-corrected chi connectivity index (χ4v) is 3.41. The molecular weight excluding hydrogens is 380 g/mol. The van der Waals surface area contributed by atoms with Gasteiger partial charge in [-0.25, -0.2) is 9.48 Å². The van der Waals surface area contributed by atoms with E-state index in [0.717, 1.165) is 17.1 Å². The Morgan fingerprint density at radius 3 is 2.40 bits per heavy atom. The molecule has 0 aliphatic rings. The first-order valence-electron chi connectivity index (χ1n) is 9.68. The Balaban J connectivity index is 1.58. The Labute approximate surface area is 173 Å². The first-order chi connectivity index (χ1) is 14.5. The van der Waals surface area contributed by atoms with Crippen LogP contribution in [0.25, 0.3) is 16.9 Å². The van der Waals surface area contributed by atoms with Crippen molar-refractivity contribution in [2.24, 2.45) is 0 Å².